The molecular weight excluding hydrogens is 380 g/mol. The van der Waals surface area contributed by atoms with Crippen molar-refractivity contribution in [3.63, 3.8) is 0 Å². The number of aromatic nitrogens is 3. The SMILES string of the molecule is Cc1ccc2c(F)c(-c3nc(-c4ccc(F)cc4)c(-c4ccncc4)[nH]3)ccc2c1. The van der Waals surface area contributed by atoms with Gasteiger partial charge in [-0.3, -0.25) is 4.98 Å². The molecule has 0 aliphatic heterocycles. The van der Waals surface area contributed by atoms with E-state index in [1.54, 1.807) is 36.7 Å². The lowest BCUT2D eigenvalue weighted by atomic mass is 10.0. The average Bonchev–Trinajstić information content (AvgIpc) is 3.20. The maximum atomic E-state index is 15.4. The standard InChI is InChI=1S/C25H17F2N3/c1-15-2-8-20-18(14-15)5-9-21(22(20)27)25-29-23(16-3-6-19(26)7-4-16)24(30-25)17-10-12-28-13-11-17/h2-14H,1H3,(H,29,30). The van der Waals surface area contributed by atoms with Gasteiger partial charge in [-0.15, -0.1) is 0 Å². The molecule has 5 heteroatoms. The summed E-state index contributed by atoms with van der Waals surface area (Å²) in [6, 6.07) is 19.1. The number of hydrogen-bond acceptors (Lipinski definition) is 2. The molecule has 3 aromatic carbocycles. The lowest BCUT2D eigenvalue weighted by molar-refractivity contribution is 0.628. The van der Waals surface area contributed by atoms with E-state index in [4.69, 9.17) is 4.98 Å². The van der Waals surface area contributed by atoms with E-state index in [-0.39, 0.29) is 11.6 Å². The monoisotopic (exact) mass is 397 g/mol. The van der Waals surface area contributed by atoms with E-state index in [1.807, 2.05) is 37.3 Å². The molecule has 0 saturated heterocycles. The quantitative estimate of drug-likeness (QED) is 0.375. The van der Waals surface area contributed by atoms with Crippen molar-refractivity contribution in [2.75, 3.05) is 0 Å². The minimum atomic E-state index is -0.326. The predicted octanol–water partition coefficient (Wildman–Crippen LogP) is 6.55. The maximum Gasteiger partial charge on any atom is 0.141 e. The van der Waals surface area contributed by atoms with Crippen LogP contribution in [0.4, 0.5) is 8.78 Å². The summed E-state index contributed by atoms with van der Waals surface area (Å²) in [6.45, 7) is 1.98. The number of aryl methyl sites for hydroxylation is 1. The van der Waals surface area contributed by atoms with E-state index < -0.39 is 0 Å². The van der Waals surface area contributed by atoms with Crippen LogP contribution in [0, 0.1) is 18.6 Å². The topological polar surface area (TPSA) is 41.6 Å². The van der Waals surface area contributed by atoms with Gasteiger partial charge in [0.15, 0.2) is 0 Å². The number of nitrogens with one attached hydrogen (secondary N) is 1. The normalized spacial score (nSPS) is 11.2. The molecule has 0 fully saturated rings. The van der Waals surface area contributed by atoms with Gasteiger partial charge < -0.3 is 4.98 Å². The zero-order valence-corrected chi connectivity index (χ0v) is 16.2. The molecule has 0 aliphatic rings. The molecule has 0 unspecified atom stereocenters. The van der Waals surface area contributed by atoms with Gasteiger partial charge in [0.2, 0.25) is 0 Å². The van der Waals surface area contributed by atoms with Crippen molar-refractivity contribution in [3.05, 3.63) is 96.3 Å². The van der Waals surface area contributed by atoms with Gasteiger partial charge in [-0.1, -0.05) is 29.8 Å². The van der Waals surface area contributed by atoms with Crippen molar-refractivity contribution in [2.45, 2.75) is 6.92 Å². The number of rotatable bonds is 3. The largest absolute Gasteiger partial charge is 0.337 e. The summed E-state index contributed by atoms with van der Waals surface area (Å²) < 4.78 is 28.8. The number of hydrogen-bond donors (Lipinski definition) is 1. The van der Waals surface area contributed by atoms with Gasteiger partial charge in [0, 0.05) is 28.9 Å². The molecule has 0 saturated carbocycles. The summed E-state index contributed by atoms with van der Waals surface area (Å²) >= 11 is 0. The second-order valence-corrected chi connectivity index (χ2v) is 7.20. The highest BCUT2D eigenvalue weighted by Gasteiger charge is 2.18. The molecule has 0 radical (unpaired) electrons. The number of H-pyrrole nitrogens is 1. The first kappa shape index (κ1) is 18.2. The fourth-order valence-corrected chi connectivity index (χ4v) is 3.64. The van der Waals surface area contributed by atoms with Crippen LogP contribution in [-0.2, 0) is 0 Å². The first-order valence-electron chi connectivity index (χ1n) is 9.56. The Kier molecular flexibility index (Phi) is 4.36. The first-order valence-corrected chi connectivity index (χ1v) is 9.56. The van der Waals surface area contributed by atoms with Gasteiger partial charge in [0.1, 0.15) is 17.5 Å². The molecule has 0 atom stereocenters. The highest BCUT2D eigenvalue weighted by atomic mass is 19.1. The fourth-order valence-electron chi connectivity index (χ4n) is 3.64. The Morgan fingerprint density at radius 2 is 1.57 bits per heavy atom. The van der Waals surface area contributed by atoms with Crippen LogP contribution in [0.15, 0.2) is 79.1 Å². The van der Waals surface area contributed by atoms with Gasteiger partial charge >= 0.3 is 0 Å². The molecule has 2 heterocycles. The van der Waals surface area contributed by atoms with Crippen LogP contribution in [-0.4, -0.2) is 15.0 Å². The molecule has 146 valence electrons. The smallest absolute Gasteiger partial charge is 0.141 e. The van der Waals surface area contributed by atoms with Gasteiger partial charge in [-0.25, -0.2) is 13.8 Å². The maximum absolute atomic E-state index is 15.4. The number of benzene rings is 3. The zero-order valence-electron chi connectivity index (χ0n) is 16.2. The minimum Gasteiger partial charge on any atom is -0.337 e. The van der Waals surface area contributed by atoms with E-state index in [0.717, 1.165) is 27.8 Å². The highest BCUT2D eigenvalue weighted by Crippen LogP contribution is 2.35. The van der Waals surface area contributed by atoms with Crippen LogP contribution in [0.3, 0.4) is 0 Å². The summed E-state index contributed by atoms with van der Waals surface area (Å²) in [7, 11) is 0. The molecule has 5 rings (SSSR count). The van der Waals surface area contributed by atoms with E-state index in [2.05, 4.69) is 9.97 Å². The Morgan fingerprint density at radius 3 is 2.33 bits per heavy atom. The third-order valence-corrected chi connectivity index (χ3v) is 5.16. The molecule has 0 aliphatic carbocycles. The van der Waals surface area contributed by atoms with Gasteiger partial charge in [0.05, 0.1) is 17.0 Å². The third kappa shape index (κ3) is 3.14. The lowest BCUT2D eigenvalue weighted by Crippen LogP contribution is -1.89. The Labute approximate surface area is 172 Å². The Morgan fingerprint density at radius 1 is 0.800 bits per heavy atom. The average molecular weight is 397 g/mol. The summed E-state index contributed by atoms with van der Waals surface area (Å²) in [6.07, 6.45) is 3.37. The molecule has 30 heavy (non-hydrogen) atoms. The van der Waals surface area contributed by atoms with Gasteiger partial charge in [-0.2, -0.15) is 0 Å². The highest BCUT2D eigenvalue weighted by molar-refractivity contribution is 5.89. The van der Waals surface area contributed by atoms with Crippen molar-refractivity contribution >= 4 is 10.8 Å². The number of imidazole rings is 1. The Balaban J connectivity index is 1.72. The van der Waals surface area contributed by atoms with Crippen LogP contribution in [0.2, 0.25) is 0 Å². The van der Waals surface area contributed by atoms with Crippen molar-refractivity contribution in [1.29, 1.82) is 0 Å². The summed E-state index contributed by atoms with van der Waals surface area (Å²) in [5.74, 6) is -0.231. The van der Waals surface area contributed by atoms with Crippen LogP contribution < -0.4 is 0 Å². The summed E-state index contributed by atoms with van der Waals surface area (Å²) in [5.41, 5.74) is 4.41. The third-order valence-electron chi connectivity index (χ3n) is 5.16. The first-order chi connectivity index (χ1) is 14.6. The molecule has 2 aromatic heterocycles. The second-order valence-electron chi connectivity index (χ2n) is 7.20. The van der Waals surface area contributed by atoms with Crippen molar-refractivity contribution in [3.8, 4) is 33.9 Å². The number of nitrogens with zero attached hydrogens (tertiary/aromatic N) is 2. The van der Waals surface area contributed by atoms with E-state index in [9.17, 15) is 4.39 Å². The lowest BCUT2D eigenvalue weighted by Gasteiger charge is -2.05. The van der Waals surface area contributed by atoms with Crippen molar-refractivity contribution in [1.82, 2.24) is 15.0 Å². The van der Waals surface area contributed by atoms with Gasteiger partial charge in [-0.05, 0) is 54.8 Å². The molecule has 0 amide bonds. The number of fused-ring (bicyclic) bond motifs is 1. The van der Waals surface area contributed by atoms with Crippen LogP contribution >= 0.6 is 0 Å². The van der Waals surface area contributed by atoms with Crippen molar-refractivity contribution in [2.24, 2.45) is 0 Å². The van der Waals surface area contributed by atoms with Crippen LogP contribution in [0.25, 0.3) is 44.7 Å². The number of halogens is 2. The zero-order chi connectivity index (χ0) is 20.7. The van der Waals surface area contributed by atoms with E-state index >= 15 is 4.39 Å². The Hall–Kier alpha value is -3.86. The predicted molar refractivity (Wildman–Crippen MR) is 115 cm³/mol. The number of aromatic amines is 1. The summed E-state index contributed by atoms with van der Waals surface area (Å²) in [5, 5.41) is 1.39. The van der Waals surface area contributed by atoms with E-state index in [0.29, 0.717) is 22.5 Å². The van der Waals surface area contributed by atoms with Gasteiger partial charge in [0.25, 0.3) is 0 Å². The Bertz CT molecular complexity index is 1360. The van der Waals surface area contributed by atoms with E-state index in [1.165, 1.54) is 12.1 Å². The minimum absolute atomic E-state index is 0.323. The van der Waals surface area contributed by atoms with Crippen LogP contribution in [0.1, 0.15) is 5.56 Å². The molecule has 0 spiro atoms. The van der Waals surface area contributed by atoms with Crippen LogP contribution in [0.5, 0.6) is 0 Å². The molecular formula is C25H17F2N3. The molecule has 3 nitrogen and oxygen atoms in total. The molecule has 5 aromatic rings. The van der Waals surface area contributed by atoms with Crippen molar-refractivity contribution < 1.29 is 8.78 Å². The number of pyridine rings is 1. The summed E-state index contributed by atoms with van der Waals surface area (Å²) in [4.78, 5) is 12.0. The molecule has 1 N–H and O–H groups in total. The second kappa shape index (κ2) is 7.19. The molecule has 0 bridgehead atoms. The fraction of sp³-hybridized carbons (Fsp3) is 0.0400.